The molecular weight excluding hydrogens is 250 g/mol. The Bertz CT molecular complexity index is 406. The Morgan fingerprint density at radius 1 is 1.39 bits per heavy atom. The van der Waals surface area contributed by atoms with Crippen LogP contribution >= 0.6 is 0 Å². The Morgan fingerprint density at radius 2 is 2.11 bits per heavy atom. The van der Waals surface area contributed by atoms with Crippen molar-refractivity contribution in [3.63, 3.8) is 0 Å². The molecule has 18 heavy (non-hydrogen) atoms. The standard InChI is InChI=1S/C10H12F2N2O4/c11-10(12,6-15)5-14-8(16)4-13-9(17)7-2-1-3-18-7/h1-3,15H,4-6H2,(H,13,17)(H,14,16). The Kier molecular flexibility index (Phi) is 4.78. The van der Waals surface area contributed by atoms with Crippen LogP contribution in [0.4, 0.5) is 8.78 Å². The number of rotatable bonds is 6. The van der Waals surface area contributed by atoms with Crippen LogP contribution in [0.15, 0.2) is 22.8 Å². The number of aliphatic hydroxyl groups is 1. The van der Waals surface area contributed by atoms with Gasteiger partial charge in [0, 0.05) is 0 Å². The van der Waals surface area contributed by atoms with Gasteiger partial charge < -0.3 is 20.2 Å². The third kappa shape index (κ3) is 4.50. The van der Waals surface area contributed by atoms with Crippen molar-refractivity contribution < 1.29 is 27.9 Å². The summed E-state index contributed by atoms with van der Waals surface area (Å²) in [5.41, 5.74) is 0. The van der Waals surface area contributed by atoms with Gasteiger partial charge >= 0.3 is 0 Å². The van der Waals surface area contributed by atoms with Gasteiger partial charge in [-0.25, -0.2) is 8.78 Å². The van der Waals surface area contributed by atoms with Crippen LogP contribution in [0.3, 0.4) is 0 Å². The minimum Gasteiger partial charge on any atom is -0.459 e. The van der Waals surface area contributed by atoms with Gasteiger partial charge in [-0.3, -0.25) is 9.59 Å². The minimum atomic E-state index is -3.37. The van der Waals surface area contributed by atoms with Crippen molar-refractivity contribution in [1.82, 2.24) is 10.6 Å². The van der Waals surface area contributed by atoms with E-state index in [0.29, 0.717) is 0 Å². The molecule has 1 heterocycles. The highest BCUT2D eigenvalue weighted by atomic mass is 19.3. The van der Waals surface area contributed by atoms with Crippen molar-refractivity contribution in [3.8, 4) is 0 Å². The topological polar surface area (TPSA) is 91.6 Å². The monoisotopic (exact) mass is 262 g/mol. The number of aliphatic hydroxyl groups excluding tert-OH is 1. The third-order valence-corrected chi connectivity index (χ3v) is 1.93. The molecule has 0 aromatic carbocycles. The normalized spacial score (nSPS) is 11.1. The van der Waals surface area contributed by atoms with Crippen molar-refractivity contribution in [2.75, 3.05) is 19.7 Å². The lowest BCUT2D eigenvalue weighted by molar-refractivity contribution is -0.123. The zero-order valence-corrected chi connectivity index (χ0v) is 9.28. The predicted molar refractivity (Wildman–Crippen MR) is 56.1 cm³/mol. The summed E-state index contributed by atoms with van der Waals surface area (Å²) < 4.78 is 29.9. The fourth-order valence-electron chi connectivity index (χ4n) is 1.00. The van der Waals surface area contributed by atoms with Gasteiger partial charge in [0.15, 0.2) is 5.76 Å². The molecule has 0 fully saturated rings. The molecule has 0 aliphatic rings. The SMILES string of the molecule is O=C(CNC(=O)c1ccco1)NCC(F)(F)CO. The van der Waals surface area contributed by atoms with Gasteiger partial charge in [0.25, 0.3) is 11.8 Å². The predicted octanol–water partition coefficient (Wildman–Crippen LogP) is -0.247. The minimum absolute atomic E-state index is 0.0171. The second kappa shape index (κ2) is 6.10. The number of furan rings is 1. The molecule has 0 radical (unpaired) electrons. The maximum Gasteiger partial charge on any atom is 0.287 e. The molecule has 0 unspecified atom stereocenters. The number of carbonyl (C=O) groups excluding carboxylic acids is 2. The van der Waals surface area contributed by atoms with Crippen LogP contribution in [0.5, 0.6) is 0 Å². The average molecular weight is 262 g/mol. The van der Waals surface area contributed by atoms with E-state index in [0.717, 1.165) is 0 Å². The number of amides is 2. The van der Waals surface area contributed by atoms with Gasteiger partial charge in [0.1, 0.15) is 6.61 Å². The van der Waals surface area contributed by atoms with E-state index in [1.807, 2.05) is 5.32 Å². The highest BCUT2D eigenvalue weighted by Crippen LogP contribution is 2.09. The number of hydrogen-bond acceptors (Lipinski definition) is 4. The molecule has 0 aliphatic carbocycles. The number of hydrogen-bond donors (Lipinski definition) is 3. The molecular formula is C10H12F2N2O4. The molecule has 0 saturated carbocycles. The lowest BCUT2D eigenvalue weighted by Gasteiger charge is -2.13. The average Bonchev–Trinajstić information content (AvgIpc) is 2.87. The van der Waals surface area contributed by atoms with E-state index in [-0.39, 0.29) is 5.76 Å². The number of carbonyl (C=O) groups is 2. The van der Waals surface area contributed by atoms with Crippen molar-refractivity contribution in [2.24, 2.45) is 0 Å². The highest BCUT2D eigenvalue weighted by molar-refractivity contribution is 5.94. The molecule has 0 aliphatic heterocycles. The van der Waals surface area contributed by atoms with Crippen LogP contribution in [0.1, 0.15) is 10.6 Å². The molecule has 2 amide bonds. The van der Waals surface area contributed by atoms with Crippen LogP contribution in [0.2, 0.25) is 0 Å². The maximum absolute atomic E-state index is 12.6. The second-order valence-corrected chi connectivity index (χ2v) is 3.45. The van der Waals surface area contributed by atoms with Crippen LogP contribution in [-0.4, -0.2) is 42.5 Å². The molecule has 8 heteroatoms. The van der Waals surface area contributed by atoms with Gasteiger partial charge in [-0.05, 0) is 12.1 Å². The van der Waals surface area contributed by atoms with Crippen molar-refractivity contribution in [2.45, 2.75) is 5.92 Å². The van der Waals surface area contributed by atoms with Gasteiger partial charge in [0.2, 0.25) is 5.91 Å². The Labute approximate surface area is 101 Å². The summed E-state index contributed by atoms with van der Waals surface area (Å²) in [6.07, 6.45) is 1.29. The summed E-state index contributed by atoms with van der Waals surface area (Å²) in [7, 11) is 0. The first-order valence-electron chi connectivity index (χ1n) is 5.02. The molecule has 6 nitrogen and oxygen atoms in total. The molecule has 100 valence electrons. The summed E-state index contributed by atoms with van der Waals surface area (Å²) >= 11 is 0. The molecule has 1 rings (SSSR count). The zero-order valence-electron chi connectivity index (χ0n) is 9.28. The lowest BCUT2D eigenvalue weighted by Crippen LogP contribution is -2.43. The molecule has 0 spiro atoms. The fourth-order valence-corrected chi connectivity index (χ4v) is 1.00. The Hall–Kier alpha value is -1.96. The molecule has 0 bridgehead atoms. The van der Waals surface area contributed by atoms with Crippen molar-refractivity contribution in [3.05, 3.63) is 24.2 Å². The van der Waals surface area contributed by atoms with Crippen LogP contribution in [0.25, 0.3) is 0 Å². The van der Waals surface area contributed by atoms with Crippen LogP contribution in [-0.2, 0) is 4.79 Å². The van der Waals surface area contributed by atoms with Crippen LogP contribution in [0, 0.1) is 0 Å². The summed E-state index contributed by atoms with van der Waals surface area (Å²) in [6, 6.07) is 2.89. The van der Waals surface area contributed by atoms with Gasteiger partial charge in [-0.15, -0.1) is 0 Å². The zero-order chi connectivity index (χ0) is 13.6. The van der Waals surface area contributed by atoms with E-state index in [1.54, 1.807) is 0 Å². The van der Waals surface area contributed by atoms with Gasteiger partial charge in [0.05, 0.1) is 19.4 Å². The molecule has 0 atom stereocenters. The molecule has 0 saturated heterocycles. The van der Waals surface area contributed by atoms with E-state index in [1.165, 1.54) is 18.4 Å². The molecule has 1 aromatic rings. The quantitative estimate of drug-likeness (QED) is 0.659. The number of alkyl halides is 2. The Balaban J connectivity index is 2.28. The fraction of sp³-hybridized carbons (Fsp3) is 0.400. The van der Waals surface area contributed by atoms with Crippen molar-refractivity contribution in [1.29, 1.82) is 0 Å². The Morgan fingerprint density at radius 3 is 2.67 bits per heavy atom. The number of nitrogens with one attached hydrogen (secondary N) is 2. The first kappa shape index (κ1) is 14.1. The summed E-state index contributed by atoms with van der Waals surface area (Å²) in [5, 5.41) is 12.3. The van der Waals surface area contributed by atoms with E-state index >= 15 is 0 Å². The first-order chi connectivity index (χ1) is 8.44. The summed E-state index contributed by atoms with van der Waals surface area (Å²) in [6.45, 7) is -2.80. The summed E-state index contributed by atoms with van der Waals surface area (Å²) in [4.78, 5) is 22.4. The summed E-state index contributed by atoms with van der Waals surface area (Å²) in [5.74, 6) is -4.77. The lowest BCUT2D eigenvalue weighted by atomic mass is 10.3. The largest absolute Gasteiger partial charge is 0.459 e. The van der Waals surface area contributed by atoms with E-state index in [9.17, 15) is 18.4 Å². The van der Waals surface area contributed by atoms with E-state index in [2.05, 4.69) is 5.32 Å². The van der Waals surface area contributed by atoms with Crippen LogP contribution < -0.4 is 10.6 Å². The molecule has 3 N–H and O–H groups in total. The third-order valence-electron chi connectivity index (χ3n) is 1.93. The first-order valence-corrected chi connectivity index (χ1v) is 5.02. The van der Waals surface area contributed by atoms with Crippen molar-refractivity contribution >= 4 is 11.8 Å². The highest BCUT2D eigenvalue weighted by Gasteiger charge is 2.28. The smallest absolute Gasteiger partial charge is 0.287 e. The molecule has 1 aromatic heterocycles. The maximum atomic E-state index is 12.6. The van der Waals surface area contributed by atoms with Gasteiger partial charge in [-0.1, -0.05) is 0 Å². The number of halogens is 2. The van der Waals surface area contributed by atoms with Gasteiger partial charge in [-0.2, -0.15) is 0 Å². The van der Waals surface area contributed by atoms with E-state index in [4.69, 9.17) is 9.52 Å². The van der Waals surface area contributed by atoms with E-state index < -0.39 is 37.4 Å². The second-order valence-electron chi connectivity index (χ2n) is 3.45.